The number of carbonyl (C=O) groups excluding carboxylic acids is 1. The summed E-state index contributed by atoms with van der Waals surface area (Å²) in [4.78, 5) is 15.7. The van der Waals surface area contributed by atoms with Crippen molar-refractivity contribution in [3.05, 3.63) is 53.7 Å². The van der Waals surface area contributed by atoms with Crippen molar-refractivity contribution in [1.82, 2.24) is 4.98 Å². The molecule has 0 unspecified atom stereocenters. The maximum atomic E-state index is 12.4. The lowest BCUT2D eigenvalue weighted by Crippen LogP contribution is -2.13. The van der Waals surface area contributed by atoms with Gasteiger partial charge in [-0.1, -0.05) is 17.7 Å². The van der Waals surface area contributed by atoms with E-state index in [9.17, 15) is 13.6 Å². The minimum atomic E-state index is -2.65. The summed E-state index contributed by atoms with van der Waals surface area (Å²) in [5.41, 5.74) is 1.14. The predicted octanol–water partition coefficient (Wildman–Crippen LogP) is 3.94. The van der Waals surface area contributed by atoms with Crippen molar-refractivity contribution < 1.29 is 23.0 Å². The highest BCUT2D eigenvalue weighted by atomic mass is 32.2. The Hall–Kier alpha value is -2.15. The van der Waals surface area contributed by atoms with Crippen LogP contribution in [0.15, 0.2) is 47.6 Å². The van der Waals surface area contributed by atoms with Crippen molar-refractivity contribution in [2.45, 2.75) is 17.7 Å². The summed E-state index contributed by atoms with van der Waals surface area (Å²) in [7, 11) is 0. The minimum absolute atomic E-state index is 0.0143. The Bertz CT molecular complexity index is 650. The van der Waals surface area contributed by atoms with Gasteiger partial charge in [0.15, 0.2) is 0 Å². The van der Waals surface area contributed by atoms with Crippen LogP contribution in [0.25, 0.3) is 0 Å². The Morgan fingerprint density at radius 2 is 1.96 bits per heavy atom. The average molecular weight is 339 g/mol. The molecule has 0 amide bonds. The zero-order chi connectivity index (χ0) is 16.7. The predicted molar refractivity (Wildman–Crippen MR) is 83.1 cm³/mol. The van der Waals surface area contributed by atoms with Crippen molar-refractivity contribution in [3.8, 4) is 5.75 Å². The van der Waals surface area contributed by atoms with Gasteiger partial charge in [-0.2, -0.15) is 8.78 Å². The van der Waals surface area contributed by atoms with Crippen LogP contribution in [0.4, 0.5) is 8.78 Å². The van der Waals surface area contributed by atoms with Crippen LogP contribution >= 0.6 is 11.8 Å². The van der Waals surface area contributed by atoms with Crippen LogP contribution < -0.4 is 4.74 Å². The van der Waals surface area contributed by atoms with Crippen LogP contribution in [0.3, 0.4) is 0 Å². The number of aryl methyl sites for hydroxylation is 1. The maximum Gasteiger partial charge on any atom is 0.341 e. The number of pyridine rings is 1. The molecule has 0 aliphatic heterocycles. The summed E-state index contributed by atoms with van der Waals surface area (Å²) in [6.45, 7) is 2.15. The fourth-order valence-electron chi connectivity index (χ4n) is 1.73. The van der Waals surface area contributed by atoms with Crippen molar-refractivity contribution in [1.29, 1.82) is 0 Å². The minimum Gasteiger partial charge on any atom is -0.490 e. The van der Waals surface area contributed by atoms with Gasteiger partial charge in [0.2, 0.25) is 0 Å². The van der Waals surface area contributed by atoms with Gasteiger partial charge in [0.05, 0.1) is 5.56 Å². The third kappa shape index (κ3) is 5.52. The van der Waals surface area contributed by atoms with Gasteiger partial charge in [0, 0.05) is 6.20 Å². The summed E-state index contributed by atoms with van der Waals surface area (Å²) < 4.78 is 35.3. The Labute approximate surface area is 136 Å². The normalized spacial score (nSPS) is 10.6. The third-order valence-electron chi connectivity index (χ3n) is 2.80. The molecule has 0 aliphatic carbocycles. The summed E-state index contributed by atoms with van der Waals surface area (Å²) in [6, 6.07) is 10.3. The highest BCUT2D eigenvalue weighted by Crippen LogP contribution is 2.26. The molecule has 0 spiro atoms. The van der Waals surface area contributed by atoms with E-state index in [-0.39, 0.29) is 35.6 Å². The van der Waals surface area contributed by atoms with Gasteiger partial charge in [-0.05, 0) is 43.0 Å². The van der Waals surface area contributed by atoms with Gasteiger partial charge in [-0.15, -0.1) is 0 Å². The number of benzene rings is 1. The van der Waals surface area contributed by atoms with Gasteiger partial charge in [-0.3, -0.25) is 0 Å². The molecule has 1 heterocycles. The van der Waals surface area contributed by atoms with Crippen LogP contribution in [0, 0.1) is 6.92 Å². The van der Waals surface area contributed by atoms with Gasteiger partial charge < -0.3 is 9.47 Å². The van der Waals surface area contributed by atoms with Crippen LogP contribution in [0.2, 0.25) is 0 Å². The number of hydrogen-bond acceptors (Lipinski definition) is 5. The lowest BCUT2D eigenvalue weighted by atomic mass is 10.2. The molecule has 0 saturated heterocycles. The van der Waals surface area contributed by atoms with E-state index < -0.39 is 11.7 Å². The highest BCUT2D eigenvalue weighted by Gasteiger charge is 2.17. The quantitative estimate of drug-likeness (QED) is 0.434. The molecule has 0 radical (unpaired) electrons. The Morgan fingerprint density at radius 1 is 1.22 bits per heavy atom. The van der Waals surface area contributed by atoms with E-state index in [1.807, 2.05) is 31.2 Å². The summed E-state index contributed by atoms with van der Waals surface area (Å²) in [5, 5.41) is -0.0491. The van der Waals surface area contributed by atoms with Gasteiger partial charge in [0.1, 0.15) is 24.0 Å². The molecular formula is C16H15F2NO3S. The number of ether oxygens (including phenoxy) is 2. The van der Waals surface area contributed by atoms with E-state index in [1.54, 1.807) is 0 Å². The average Bonchev–Trinajstić information content (AvgIpc) is 2.53. The number of hydrogen-bond donors (Lipinski definition) is 0. The maximum absolute atomic E-state index is 12.4. The van der Waals surface area contributed by atoms with Crippen LogP contribution in [0.5, 0.6) is 5.75 Å². The molecule has 4 nitrogen and oxygen atoms in total. The van der Waals surface area contributed by atoms with E-state index in [1.165, 1.54) is 18.3 Å². The van der Waals surface area contributed by atoms with Crippen LogP contribution in [-0.2, 0) is 4.74 Å². The van der Waals surface area contributed by atoms with E-state index in [0.29, 0.717) is 5.75 Å². The highest BCUT2D eigenvalue weighted by molar-refractivity contribution is 7.99. The van der Waals surface area contributed by atoms with Crippen molar-refractivity contribution >= 4 is 17.7 Å². The van der Waals surface area contributed by atoms with Crippen molar-refractivity contribution in [2.75, 3.05) is 13.2 Å². The first-order valence-corrected chi connectivity index (χ1v) is 7.70. The molecule has 122 valence electrons. The lowest BCUT2D eigenvalue weighted by Gasteiger charge is -2.09. The van der Waals surface area contributed by atoms with Crippen LogP contribution in [-0.4, -0.2) is 29.9 Å². The van der Waals surface area contributed by atoms with Gasteiger partial charge >= 0.3 is 5.97 Å². The number of esters is 1. The first kappa shape index (κ1) is 17.2. The molecule has 1 aromatic carbocycles. The second kappa shape index (κ2) is 8.47. The van der Waals surface area contributed by atoms with Gasteiger partial charge in [0.25, 0.3) is 5.76 Å². The molecule has 0 bridgehead atoms. The number of rotatable bonds is 7. The molecule has 23 heavy (non-hydrogen) atoms. The molecule has 2 aromatic rings. The smallest absolute Gasteiger partial charge is 0.341 e. The SMILES string of the molecule is Cc1ccc(OCCOC(=O)c2cccnc2SC(F)F)cc1. The van der Waals surface area contributed by atoms with E-state index in [0.717, 1.165) is 5.56 Å². The zero-order valence-electron chi connectivity index (χ0n) is 12.4. The Balaban J connectivity index is 1.84. The van der Waals surface area contributed by atoms with Crippen molar-refractivity contribution in [2.24, 2.45) is 0 Å². The first-order chi connectivity index (χ1) is 11.1. The molecular weight excluding hydrogens is 324 g/mol. The number of alkyl halides is 2. The van der Waals surface area contributed by atoms with Crippen LogP contribution in [0.1, 0.15) is 15.9 Å². The molecule has 7 heteroatoms. The fraction of sp³-hybridized carbons (Fsp3) is 0.250. The van der Waals surface area contributed by atoms with E-state index in [4.69, 9.17) is 9.47 Å². The zero-order valence-corrected chi connectivity index (χ0v) is 13.2. The molecule has 2 rings (SSSR count). The number of carbonyl (C=O) groups is 1. The molecule has 0 N–H and O–H groups in total. The van der Waals surface area contributed by atoms with Crippen molar-refractivity contribution in [3.63, 3.8) is 0 Å². The molecule has 0 aliphatic rings. The summed E-state index contributed by atoms with van der Waals surface area (Å²) >= 11 is 0.214. The van der Waals surface area contributed by atoms with Gasteiger partial charge in [-0.25, -0.2) is 9.78 Å². The standard InChI is InChI=1S/C16H15F2NO3S/c1-11-4-6-12(7-5-11)21-9-10-22-15(20)13-3-2-8-19-14(13)23-16(17)18/h2-8,16H,9-10H2,1H3. The fourth-order valence-corrected chi connectivity index (χ4v) is 2.30. The number of nitrogens with zero attached hydrogens (tertiary/aromatic N) is 1. The second-order valence-electron chi connectivity index (χ2n) is 4.53. The summed E-state index contributed by atoms with van der Waals surface area (Å²) in [6.07, 6.45) is 1.35. The Kier molecular flexibility index (Phi) is 6.34. The molecule has 0 fully saturated rings. The largest absolute Gasteiger partial charge is 0.490 e. The molecule has 1 aromatic heterocycles. The number of thioether (sulfide) groups is 1. The third-order valence-corrected chi connectivity index (χ3v) is 3.52. The lowest BCUT2D eigenvalue weighted by molar-refractivity contribution is 0.0445. The van der Waals surface area contributed by atoms with E-state index >= 15 is 0 Å². The number of halogens is 2. The Morgan fingerprint density at radius 3 is 2.65 bits per heavy atom. The topological polar surface area (TPSA) is 48.4 Å². The van der Waals surface area contributed by atoms with E-state index in [2.05, 4.69) is 4.98 Å². The monoisotopic (exact) mass is 339 g/mol. The molecule has 0 saturated carbocycles. The second-order valence-corrected chi connectivity index (χ2v) is 5.51. The summed E-state index contributed by atoms with van der Waals surface area (Å²) in [5.74, 6) is -2.68. The first-order valence-electron chi connectivity index (χ1n) is 6.82. The molecule has 0 atom stereocenters. The number of aromatic nitrogens is 1.